The van der Waals surface area contributed by atoms with Gasteiger partial charge in [-0.15, -0.1) is 0 Å². The maximum atomic E-state index is 15.2. The Kier molecular flexibility index (Phi) is 9.09. The van der Waals surface area contributed by atoms with E-state index in [4.69, 9.17) is 25.5 Å². The molecule has 2 aromatic carbocycles. The minimum Gasteiger partial charge on any atom is -0.497 e. The predicted molar refractivity (Wildman–Crippen MR) is 159 cm³/mol. The molecule has 0 saturated carbocycles. The van der Waals surface area contributed by atoms with Crippen LogP contribution in [0.2, 0.25) is 23.2 Å². The number of amides is 2. The Bertz CT molecular complexity index is 1290. The first-order valence-corrected chi connectivity index (χ1v) is 17.1. The Morgan fingerprint density at radius 2 is 1.90 bits per heavy atom. The van der Waals surface area contributed by atoms with Gasteiger partial charge in [-0.3, -0.25) is 9.59 Å². The van der Waals surface area contributed by atoms with Gasteiger partial charge in [-0.25, -0.2) is 4.39 Å². The van der Waals surface area contributed by atoms with E-state index in [1.54, 1.807) is 24.1 Å². The Balaban J connectivity index is 1.63. The molecule has 1 fully saturated rings. The van der Waals surface area contributed by atoms with E-state index in [1.165, 1.54) is 11.0 Å². The number of rotatable bonds is 9. The number of likely N-dealkylation sites (tertiary alicyclic amines) is 1. The molecular formula is C30H40ClFN2O6Si. The molecule has 8 nitrogen and oxygen atoms in total. The molecule has 0 aromatic heterocycles. The summed E-state index contributed by atoms with van der Waals surface area (Å²) < 4.78 is 33.2. The van der Waals surface area contributed by atoms with Crippen molar-refractivity contribution in [3.8, 4) is 11.5 Å². The molecule has 4 rings (SSSR count). The van der Waals surface area contributed by atoms with E-state index in [-0.39, 0.29) is 59.9 Å². The van der Waals surface area contributed by atoms with E-state index in [0.717, 1.165) is 12.0 Å². The SMILES string of the molecule is COc1ccc(CN2C(=O)CCc3c(OC[C@]4(O)CCN(C=O)C[C@H]4O[Si](C)(C)C(C)(C)C)cc(F)c(Cl)c32)cc1. The van der Waals surface area contributed by atoms with Crippen molar-refractivity contribution < 1.29 is 33.0 Å². The van der Waals surface area contributed by atoms with Crippen LogP contribution in [0.3, 0.4) is 0 Å². The van der Waals surface area contributed by atoms with Crippen LogP contribution in [0, 0.1) is 5.82 Å². The topological polar surface area (TPSA) is 88.5 Å². The Hall–Kier alpha value is -2.66. The van der Waals surface area contributed by atoms with Gasteiger partial charge in [0.25, 0.3) is 0 Å². The quantitative estimate of drug-likeness (QED) is 0.307. The number of piperidine rings is 1. The summed E-state index contributed by atoms with van der Waals surface area (Å²) in [7, 11) is -0.743. The van der Waals surface area contributed by atoms with Crippen LogP contribution in [0.4, 0.5) is 10.1 Å². The Morgan fingerprint density at radius 3 is 2.51 bits per heavy atom. The average Bonchev–Trinajstić information content (AvgIpc) is 2.92. The molecular weight excluding hydrogens is 567 g/mol. The van der Waals surface area contributed by atoms with Gasteiger partial charge in [0.15, 0.2) is 8.32 Å². The number of methoxy groups -OCH3 is 1. The second kappa shape index (κ2) is 11.9. The zero-order chi connectivity index (χ0) is 30.2. The predicted octanol–water partition coefficient (Wildman–Crippen LogP) is 5.33. The number of carbonyl (C=O) groups is 2. The van der Waals surface area contributed by atoms with Crippen LogP contribution in [0.15, 0.2) is 30.3 Å². The lowest BCUT2D eigenvalue weighted by atomic mass is 9.89. The second-order valence-electron chi connectivity index (χ2n) is 12.4. The minimum atomic E-state index is -2.32. The van der Waals surface area contributed by atoms with Gasteiger partial charge in [-0.2, -0.15) is 0 Å². The second-order valence-corrected chi connectivity index (χ2v) is 17.6. The van der Waals surface area contributed by atoms with Crippen molar-refractivity contribution in [3.05, 3.63) is 52.3 Å². The van der Waals surface area contributed by atoms with E-state index in [2.05, 4.69) is 33.9 Å². The molecule has 2 aliphatic rings. The summed E-state index contributed by atoms with van der Waals surface area (Å²) in [6.45, 7) is 11.1. The summed E-state index contributed by atoms with van der Waals surface area (Å²) >= 11 is 6.46. The first-order valence-electron chi connectivity index (χ1n) is 13.9. The monoisotopic (exact) mass is 606 g/mol. The van der Waals surface area contributed by atoms with Gasteiger partial charge >= 0.3 is 0 Å². The molecule has 2 atom stereocenters. The van der Waals surface area contributed by atoms with Crippen LogP contribution in [-0.2, 0) is 27.0 Å². The summed E-state index contributed by atoms with van der Waals surface area (Å²) in [6.07, 6.45) is 0.859. The standard InChI is InChI=1S/C30H40ClFN2O6Si/c1-29(2,3)41(5,6)40-25-17-33(19-35)14-13-30(25,37)18-39-24-15-23(32)27(31)28-22(24)11-12-26(36)34(28)16-20-7-9-21(38-4)10-8-20/h7-10,15,19,25,37H,11-14,16-18H2,1-6H3/t25-,30-/m1/s1. The van der Waals surface area contributed by atoms with Gasteiger partial charge < -0.3 is 28.8 Å². The van der Waals surface area contributed by atoms with Crippen LogP contribution in [-0.4, -0.2) is 69.2 Å². The highest BCUT2D eigenvalue weighted by Gasteiger charge is 2.49. The van der Waals surface area contributed by atoms with Gasteiger partial charge in [-0.05, 0) is 48.7 Å². The van der Waals surface area contributed by atoms with Gasteiger partial charge in [-0.1, -0.05) is 44.5 Å². The third-order valence-electron chi connectivity index (χ3n) is 8.62. The van der Waals surface area contributed by atoms with Gasteiger partial charge in [0.2, 0.25) is 12.3 Å². The third-order valence-corrected chi connectivity index (χ3v) is 13.5. The molecule has 41 heavy (non-hydrogen) atoms. The molecule has 224 valence electrons. The Morgan fingerprint density at radius 1 is 1.22 bits per heavy atom. The lowest BCUT2D eigenvalue weighted by Gasteiger charge is -2.48. The molecule has 0 radical (unpaired) electrons. The Labute approximate surface area is 247 Å². The van der Waals surface area contributed by atoms with Crippen LogP contribution >= 0.6 is 11.6 Å². The lowest BCUT2D eigenvalue weighted by Crippen LogP contribution is -2.62. The van der Waals surface area contributed by atoms with Gasteiger partial charge in [0.05, 0.1) is 25.4 Å². The van der Waals surface area contributed by atoms with Crippen molar-refractivity contribution in [2.24, 2.45) is 0 Å². The number of benzene rings is 2. The first kappa shape index (κ1) is 31.3. The fourth-order valence-corrected chi connectivity index (χ4v) is 6.60. The normalized spacial score (nSPS) is 21.5. The summed E-state index contributed by atoms with van der Waals surface area (Å²) in [5.41, 5.74) is 0.313. The largest absolute Gasteiger partial charge is 0.497 e. The minimum absolute atomic E-state index is 0.115. The first-order chi connectivity index (χ1) is 19.2. The van der Waals surface area contributed by atoms with E-state index < -0.39 is 25.8 Å². The maximum Gasteiger partial charge on any atom is 0.227 e. The summed E-state index contributed by atoms with van der Waals surface area (Å²) in [5, 5.41) is 11.6. The molecule has 0 spiro atoms. The molecule has 0 bridgehead atoms. The van der Waals surface area contributed by atoms with Crippen LogP contribution in [0.1, 0.15) is 44.7 Å². The van der Waals surface area contributed by atoms with E-state index in [9.17, 15) is 14.7 Å². The number of aliphatic hydroxyl groups is 1. The van der Waals surface area contributed by atoms with Crippen LogP contribution in [0.5, 0.6) is 11.5 Å². The molecule has 2 heterocycles. The molecule has 2 amide bonds. The maximum absolute atomic E-state index is 15.2. The zero-order valence-corrected chi connectivity index (χ0v) is 26.4. The molecule has 2 aromatic rings. The van der Waals surface area contributed by atoms with Crippen LogP contribution < -0.4 is 14.4 Å². The van der Waals surface area contributed by atoms with Crippen molar-refractivity contribution in [2.75, 3.05) is 31.7 Å². The van der Waals surface area contributed by atoms with E-state index in [1.807, 2.05) is 12.1 Å². The molecule has 1 saturated heterocycles. The fraction of sp³-hybridized carbons (Fsp3) is 0.533. The number of halogens is 2. The highest BCUT2D eigenvalue weighted by atomic mass is 35.5. The molecule has 1 N–H and O–H groups in total. The van der Waals surface area contributed by atoms with Crippen molar-refractivity contribution >= 4 is 37.9 Å². The number of ether oxygens (including phenoxy) is 2. The van der Waals surface area contributed by atoms with Crippen LogP contribution in [0.25, 0.3) is 0 Å². The number of fused-ring (bicyclic) bond motifs is 1. The van der Waals surface area contributed by atoms with E-state index in [0.29, 0.717) is 24.3 Å². The highest BCUT2D eigenvalue weighted by molar-refractivity contribution is 6.74. The summed E-state index contributed by atoms with van der Waals surface area (Å²) in [6, 6.07) is 8.50. The van der Waals surface area contributed by atoms with Crippen molar-refractivity contribution in [3.63, 3.8) is 0 Å². The molecule has 0 aliphatic carbocycles. The number of hydrogen-bond donors (Lipinski definition) is 1. The summed E-state index contributed by atoms with van der Waals surface area (Å²) in [5.74, 6) is 0.0271. The molecule has 2 aliphatic heterocycles. The highest BCUT2D eigenvalue weighted by Crippen LogP contribution is 2.44. The van der Waals surface area contributed by atoms with Crippen molar-refractivity contribution in [1.29, 1.82) is 0 Å². The zero-order valence-electron chi connectivity index (χ0n) is 24.6. The molecule has 11 heteroatoms. The lowest BCUT2D eigenvalue weighted by molar-refractivity contribution is -0.144. The fourth-order valence-electron chi connectivity index (χ4n) is 4.97. The number of nitrogens with zero attached hydrogens (tertiary/aromatic N) is 2. The average molecular weight is 607 g/mol. The van der Waals surface area contributed by atoms with Gasteiger partial charge in [0, 0.05) is 31.1 Å². The van der Waals surface area contributed by atoms with Crippen molar-refractivity contribution in [1.82, 2.24) is 4.90 Å². The summed E-state index contributed by atoms with van der Waals surface area (Å²) in [4.78, 5) is 27.7. The number of carbonyl (C=O) groups excluding carboxylic acids is 2. The van der Waals surface area contributed by atoms with Gasteiger partial charge in [0.1, 0.15) is 34.5 Å². The van der Waals surface area contributed by atoms with Crippen molar-refractivity contribution in [2.45, 2.75) is 76.4 Å². The third kappa shape index (κ3) is 6.55. The number of hydrogen-bond acceptors (Lipinski definition) is 6. The smallest absolute Gasteiger partial charge is 0.227 e. The molecule has 0 unspecified atom stereocenters. The number of anilines is 1. The van der Waals surface area contributed by atoms with E-state index >= 15 is 4.39 Å².